The van der Waals surface area contributed by atoms with Gasteiger partial charge in [-0.3, -0.25) is 19.4 Å². The van der Waals surface area contributed by atoms with Crippen LogP contribution < -0.4 is 10.6 Å². The summed E-state index contributed by atoms with van der Waals surface area (Å²) in [6.07, 6.45) is 0. The van der Waals surface area contributed by atoms with Gasteiger partial charge in [0.1, 0.15) is 12.5 Å². The van der Waals surface area contributed by atoms with Crippen molar-refractivity contribution in [3.8, 4) is 0 Å². The first-order valence-corrected chi connectivity index (χ1v) is 10.6. The minimum absolute atomic E-state index is 0.151. The van der Waals surface area contributed by atoms with Gasteiger partial charge < -0.3 is 15.4 Å². The van der Waals surface area contributed by atoms with Gasteiger partial charge in [-0.15, -0.1) is 0 Å². The second kappa shape index (κ2) is 9.91. The molecule has 0 saturated heterocycles. The van der Waals surface area contributed by atoms with Crippen LogP contribution in [0, 0.1) is 0 Å². The van der Waals surface area contributed by atoms with E-state index in [1.165, 1.54) is 0 Å². The Kier molecular flexibility index (Phi) is 6.59. The van der Waals surface area contributed by atoms with Crippen LogP contribution in [0.2, 0.25) is 0 Å². The first-order valence-electron chi connectivity index (χ1n) is 10.6. The van der Waals surface area contributed by atoms with Gasteiger partial charge in [0.05, 0.1) is 18.0 Å². The van der Waals surface area contributed by atoms with E-state index in [-0.39, 0.29) is 19.1 Å². The summed E-state index contributed by atoms with van der Waals surface area (Å²) in [6, 6.07) is 23.8. The fraction of sp³-hybridized carbons (Fsp3) is 0.154. The van der Waals surface area contributed by atoms with Crippen molar-refractivity contribution in [2.45, 2.75) is 12.8 Å². The number of nitrogens with one attached hydrogen (secondary N) is 2. The molecule has 0 radical (unpaired) electrons. The standard InChI is InChI=1S/C26H23N3O4/c1-2-33-22(30)16-27-25(31)18-11-8-12-19(15-18)28-24(17-9-4-3-5-10-17)23-20-13-6-7-14-21(20)29-26(23)32/h3-15,23H,2,16H2,1H3,(H,27,31)(H,29,32). The van der Waals surface area contributed by atoms with E-state index in [1.54, 1.807) is 31.2 Å². The first-order chi connectivity index (χ1) is 16.1. The zero-order valence-electron chi connectivity index (χ0n) is 18.1. The fourth-order valence-corrected chi connectivity index (χ4v) is 3.71. The number of hydrogen-bond acceptors (Lipinski definition) is 5. The Bertz CT molecular complexity index is 1220. The Morgan fingerprint density at radius 2 is 1.70 bits per heavy atom. The molecule has 1 atom stereocenters. The van der Waals surface area contributed by atoms with Crippen LogP contribution in [0.15, 0.2) is 83.9 Å². The summed E-state index contributed by atoms with van der Waals surface area (Å²) in [5.74, 6) is -1.64. The molecule has 0 bridgehead atoms. The van der Waals surface area contributed by atoms with Gasteiger partial charge in [0.15, 0.2) is 0 Å². The lowest BCUT2D eigenvalue weighted by atomic mass is 9.90. The van der Waals surface area contributed by atoms with Crippen molar-refractivity contribution in [1.82, 2.24) is 5.32 Å². The predicted octanol–water partition coefficient (Wildman–Crippen LogP) is 3.84. The average Bonchev–Trinajstić information content (AvgIpc) is 3.17. The van der Waals surface area contributed by atoms with Crippen LogP contribution in [0.3, 0.4) is 0 Å². The van der Waals surface area contributed by atoms with Gasteiger partial charge in [0.25, 0.3) is 5.91 Å². The lowest BCUT2D eigenvalue weighted by Crippen LogP contribution is -2.30. The van der Waals surface area contributed by atoms with E-state index in [9.17, 15) is 14.4 Å². The molecule has 0 fully saturated rings. The number of para-hydroxylation sites is 1. The first kappa shape index (κ1) is 22.0. The monoisotopic (exact) mass is 441 g/mol. The molecular formula is C26H23N3O4. The molecule has 7 heteroatoms. The van der Waals surface area contributed by atoms with Crippen molar-refractivity contribution < 1.29 is 19.1 Å². The number of carbonyl (C=O) groups is 3. The molecule has 7 nitrogen and oxygen atoms in total. The molecule has 2 N–H and O–H groups in total. The number of amides is 2. The van der Waals surface area contributed by atoms with Crippen LogP contribution in [0.4, 0.5) is 11.4 Å². The molecule has 1 unspecified atom stereocenters. The molecule has 1 aliphatic rings. The molecule has 0 aromatic heterocycles. The summed E-state index contributed by atoms with van der Waals surface area (Å²) in [5.41, 5.74) is 3.89. The minimum Gasteiger partial charge on any atom is -0.465 e. The van der Waals surface area contributed by atoms with Gasteiger partial charge in [0, 0.05) is 11.3 Å². The summed E-state index contributed by atoms with van der Waals surface area (Å²) in [4.78, 5) is 41.8. The van der Waals surface area contributed by atoms with Crippen molar-refractivity contribution >= 4 is 34.9 Å². The SMILES string of the molecule is CCOC(=O)CNC(=O)c1cccc(N=C(c2ccccc2)C2C(=O)Nc3ccccc32)c1. The molecule has 0 spiro atoms. The van der Waals surface area contributed by atoms with Gasteiger partial charge in [-0.05, 0) is 42.3 Å². The molecule has 4 rings (SSSR count). The Labute approximate surface area is 191 Å². The highest BCUT2D eigenvalue weighted by molar-refractivity contribution is 6.24. The number of anilines is 1. The van der Waals surface area contributed by atoms with Crippen LogP contribution in [0.1, 0.15) is 34.3 Å². The van der Waals surface area contributed by atoms with E-state index in [0.29, 0.717) is 17.0 Å². The van der Waals surface area contributed by atoms with Crippen LogP contribution >= 0.6 is 0 Å². The third kappa shape index (κ3) is 4.98. The Balaban J connectivity index is 1.68. The Morgan fingerprint density at radius 1 is 0.970 bits per heavy atom. The highest BCUT2D eigenvalue weighted by atomic mass is 16.5. The zero-order chi connectivity index (χ0) is 23.2. The molecule has 1 heterocycles. The summed E-state index contributed by atoms with van der Waals surface area (Å²) < 4.78 is 4.84. The molecule has 0 saturated carbocycles. The normalized spacial score (nSPS) is 14.9. The van der Waals surface area contributed by atoms with E-state index >= 15 is 0 Å². The molecule has 3 aromatic rings. The number of rotatable bonds is 7. The van der Waals surface area contributed by atoms with Gasteiger partial charge in [-0.1, -0.05) is 54.6 Å². The third-order valence-electron chi connectivity index (χ3n) is 5.19. The third-order valence-corrected chi connectivity index (χ3v) is 5.19. The van der Waals surface area contributed by atoms with Crippen LogP contribution in [-0.4, -0.2) is 36.6 Å². The van der Waals surface area contributed by atoms with Crippen molar-refractivity contribution in [3.63, 3.8) is 0 Å². The molecule has 33 heavy (non-hydrogen) atoms. The maximum Gasteiger partial charge on any atom is 0.325 e. The summed E-state index contributed by atoms with van der Waals surface area (Å²) in [7, 11) is 0. The number of benzene rings is 3. The smallest absolute Gasteiger partial charge is 0.325 e. The summed E-state index contributed by atoms with van der Waals surface area (Å²) in [5, 5.41) is 5.47. The maximum atomic E-state index is 12.9. The summed E-state index contributed by atoms with van der Waals surface area (Å²) >= 11 is 0. The number of hydrogen-bond donors (Lipinski definition) is 2. The summed E-state index contributed by atoms with van der Waals surface area (Å²) in [6.45, 7) is 1.74. The van der Waals surface area contributed by atoms with Gasteiger partial charge in [0.2, 0.25) is 5.91 Å². The zero-order valence-corrected chi connectivity index (χ0v) is 18.1. The molecular weight excluding hydrogens is 418 g/mol. The van der Waals surface area contributed by atoms with Crippen molar-refractivity contribution in [2.75, 3.05) is 18.5 Å². The highest BCUT2D eigenvalue weighted by Crippen LogP contribution is 2.36. The van der Waals surface area contributed by atoms with E-state index in [0.717, 1.165) is 16.8 Å². The second-order valence-corrected chi connectivity index (χ2v) is 7.41. The maximum absolute atomic E-state index is 12.9. The molecule has 0 aliphatic carbocycles. The second-order valence-electron chi connectivity index (χ2n) is 7.41. The Morgan fingerprint density at radius 3 is 2.48 bits per heavy atom. The van der Waals surface area contributed by atoms with Crippen molar-refractivity contribution in [2.24, 2.45) is 4.99 Å². The number of esters is 1. The molecule has 2 amide bonds. The number of aliphatic imine (C=N–C) groups is 1. The van der Waals surface area contributed by atoms with Gasteiger partial charge >= 0.3 is 5.97 Å². The molecule has 166 valence electrons. The number of ether oxygens (including phenoxy) is 1. The number of nitrogens with zero attached hydrogens (tertiary/aromatic N) is 1. The quantitative estimate of drug-likeness (QED) is 0.430. The van der Waals surface area contributed by atoms with Crippen molar-refractivity contribution in [3.05, 3.63) is 95.6 Å². The van der Waals surface area contributed by atoms with E-state index in [1.807, 2.05) is 54.6 Å². The average molecular weight is 441 g/mol. The van der Waals surface area contributed by atoms with E-state index in [4.69, 9.17) is 9.73 Å². The molecule has 1 aliphatic heterocycles. The largest absolute Gasteiger partial charge is 0.465 e. The van der Waals surface area contributed by atoms with Crippen LogP contribution in [0.5, 0.6) is 0 Å². The van der Waals surface area contributed by atoms with Crippen molar-refractivity contribution in [1.29, 1.82) is 0 Å². The van der Waals surface area contributed by atoms with E-state index < -0.39 is 17.8 Å². The number of fused-ring (bicyclic) bond motifs is 1. The minimum atomic E-state index is -0.579. The van der Waals surface area contributed by atoms with Gasteiger partial charge in [-0.25, -0.2) is 0 Å². The van der Waals surface area contributed by atoms with Crippen LogP contribution in [-0.2, 0) is 14.3 Å². The molecule has 3 aromatic carbocycles. The predicted molar refractivity (Wildman–Crippen MR) is 126 cm³/mol. The highest BCUT2D eigenvalue weighted by Gasteiger charge is 2.35. The topological polar surface area (TPSA) is 96.9 Å². The number of carbonyl (C=O) groups excluding carboxylic acids is 3. The van der Waals surface area contributed by atoms with Crippen LogP contribution in [0.25, 0.3) is 0 Å². The lowest BCUT2D eigenvalue weighted by molar-refractivity contribution is -0.141. The van der Waals surface area contributed by atoms with Gasteiger partial charge in [-0.2, -0.15) is 0 Å². The van der Waals surface area contributed by atoms with E-state index in [2.05, 4.69) is 10.6 Å². The lowest BCUT2D eigenvalue weighted by Gasteiger charge is -2.14. The fourth-order valence-electron chi connectivity index (χ4n) is 3.71. The Hall–Kier alpha value is -4.26.